The zero-order valence-corrected chi connectivity index (χ0v) is 13.9. The Morgan fingerprint density at radius 2 is 2.16 bits per heavy atom. The van der Waals surface area contributed by atoms with Crippen LogP contribution in [0.2, 0.25) is 0 Å². The summed E-state index contributed by atoms with van der Waals surface area (Å²) in [4.78, 5) is 26.7. The summed E-state index contributed by atoms with van der Waals surface area (Å²) in [7, 11) is 1.44. The van der Waals surface area contributed by atoms with Crippen molar-refractivity contribution < 1.29 is 19.2 Å². The van der Waals surface area contributed by atoms with Gasteiger partial charge in [0, 0.05) is 28.1 Å². The number of carbonyl (C=O) groups excluding carboxylic acids is 1. The third kappa shape index (κ3) is 2.39. The van der Waals surface area contributed by atoms with Gasteiger partial charge in [-0.15, -0.1) is 0 Å². The average molecular weight is 342 g/mol. The molecule has 2 unspecified atom stereocenters. The predicted molar refractivity (Wildman–Crippen MR) is 91.3 cm³/mol. The molecular weight excluding hydrogens is 324 g/mol. The Morgan fingerprint density at radius 3 is 2.80 bits per heavy atom. The summed E-state index contributed by atoms with van der Waals surface area (Å²) in [6, 6.07) is 7.24. The smallest absolute Gasteiger partial charge is 0.317 e. The third-order valence-electron chi connectivity index (χ3n) is 4.45. The number of nitro groups is 1. The van der Waals surface area contributed by atoms with Gasteiger partial charge in [0.25, 0.3) is 0 Å². The average Bonchev–Trinajstić information content (AvgIpc) is 3.05. The van der Waals surface area contributed by atoms with Crippen LogP contribution in [-0.2, 0) is 19.8 Å². The van der Waals surface area contributed by atoms with Gasteiger partial charge in [0.05, 0.1) is 19.3 Å². The Labute approximate surface area is 144 Å². The zero-order valence-electron chi connectivity index (χ0n) is 13.9. The summed E-state index contributed by atoms with van der Waals surface area (Å²) in [6.07, 6.45) is 5.08. The maximum Gasteiger partial charge on any atom is 0.317 e. The molecule has 0 aliphatic heterocycles. The van der Waals surface area contributed by atoms with E-state index in [0.717, 1.165) is 5.52 Å². The fraction of sp³-hybridized carbons (Fsp3) is 0.278. The fourth-order valence-electron chi connectivity index (χ4n) is 3.33. The first-order chi connectivity index (χ1) is 12.1. The largest absolute Gasteiger partial charge is 0.497 e. The molecule has 1 aliphatic rings. The highest BCUT2D eigenvalue weighted by Gasteiger charge is 2.59. The molecule has 0 spiro atoms. The van der Waals surface area contributed by atoms with E-state index in [2.05, 4.69) is 4.98 Å². The molecule has 0 bridgehead atoms. The minimum atomic E-state index is -1.85. The van der Waals surface area contributed by atoms with Gasteiger partial charge in [0.15, 0.2) is 5.76 Å². The van der Waals surface area contributed by atoms with Crippen molar-refractivity contribution in [2.45, 2.75) is 12.5 Å². The standard InChI is InChI=1S/C18H18N2O5/c1-3-25-17-9-13(24-2)8-12(11-21)18(17,20(22)23)15-10-19-16-7-5-4-6-14(15)16/h4-12,19H,3H2,1-2H3. The number of aromatic nitrogens is 1. The zero-order chi connectivity index (χ0) is 18.0. The number of hydrogen-bond acceptors (Lipinski definition) is 5. The van der Waals surface area contributed by atoms with Gasteiger partial charge < -0.3 is 19.3 Å². The predicted octanol–water partition coefficient (Wildman–Crippen LogP) is 2.92. The first kappa shape index (κ1) is 16.8. The van der Waals surface area contributed by atoms with Crippen molar-refractivity contribution in [2.75, 3.05) is 13.7 Å². The number of rotatable bonds is 6. The second kappa shape index (κ2) is 6.43. The molecule has 0 saturated heterocycles. The molecule has 7 nitrogen and oxygen atoms in total. The molecule has 2 atom stereocenters. The summed E-state index contributed by atoms with van der Waals surface area (Å²) in [5.74, 6) is -0.623. The maximum absolute atomic E-state index is 12.3. The number of aromatic amines is 1. The maximum atomic E-state index is 12.3. The molecular formula is C18H18N2O5. The summed E-state index contributed by atoms with van der Waals surface area (Å²) in [6.45, 7) is 1.97. The Kier molecular flexibility index (Phi) is 4.31. The number of ether oxygens (including phenoxy) is 2. The summed E-state index contributed by atoms with van der Waals surface area (Å²) >= 11 is 0. The van der Waals surface area contributed by atoms with Crippen LogP contribution >= 0.6 is 0 Å². The molecule has 0 amide bonds. The first-order valence-electron chi connectivity index (χ1n) is 7.86. The van der Waals surface area contributed by atoms with Crippen LogP contribution in [-0.4, -0.2) is 29.9 Å². The number of nitrogens with zero attached hydrogens (tertiary/aromatic N) is 1. The number of fused-ring (bicyclic) bond motifs is 1. The van der Waals surface area contributed by atoms with E-state index in [1.807, 2.05) is 12.1 Å². The summed E-state index contributed by atoms with van der Waals surface area (Å²) in [5.41, 5.74) is -0.712. The number of benzene rings is 1. The second-order valence-corrected chi connectivity index (χ2v) is 5.65. The molecule has 2 aromatic rings. The number of allylic oxidation sites excluding steroid dienone is 1. The quantitative estimate of drug-likeness (QED) is 0.495. The Morgan fingerprint density at radius 1 is 1.40 bits per heavy atom. The van der Waals surface area contributed by atoms with Crippen LogP contribution in [0.5, 0.6) is 0 Å². The highest BCUT2D eigenvalue weighted by molar-refractivity contribution is 5.85. The lowest BCUT2D eigenvalue weighted by Gasteiger charge is -2.33. The van der Waals surface area contributed by atoms with Gasteiger partial charge in [-0.3, -0.25) is 10.1 Å². The number of H-pyrrole nitrogens is 1. The molecule has 0 fully saturated rings. The fourth-order valence-corrected chi connectivity index (χ4v) is 3.33. The van der Waals surface area contributed by atoms with Gasteiger partial charge in [-0.05, 0) is 19.1 Å². The minimum absolute atomic E-state index is 0.0844. The van der Waals surface area contributed by atoms with Crippen LogP contribution in [0.15, 0.2) is 54.1 Å². The Bertz CT molecular complexity index is 882. The van der Waals surface area contributed by atoms with Crippen LogP contribution in [0, 0.1) is 16.0 Å². The molecule has 1 aromatic carbocycles. The van der Waals surface area contributed by atoms with Gasteiger partial charge in [0.1, 0.15) is 18.0 Å². The van der Waals surface area contributed by atoms with Crippen molar-refractivity contribution in [1.82, 2.24) is 4.98 Å². The molecule has 1 N–H and O–H groups in total. The van der Waals surface area contributed by atoms with E-state index in [0.29, 0.717) is 23.0 Å². The molecule has 1 heterocycles. The van der Waals surface area contributed by atoms with Gasteiger partial charge in [-0.2, -0.15) is 0 Å². The van der Waals surface area contributed by atoms with Crippen molar-refractivity contribution in [2.24, 2.45) is 5.92 Å². The first-order valence-corrected chi connectivity index (χ1v) is 7.86. The summed E-state index contributed by atoms with van der Waals surface area (Å²) in [5, 5.41) is 13.0. The number of para-hydroxylation sites is 1. The second-order valence-electron chi connectivity index (χ2n) is 5.65. The summed E-state index contributed by atoms with van der Waals surface area (Å²) < 4.78 is 10.8. The number of aldehydes is 1. The van der Waals surface area contributed by atoms with Crippen molar-refractivity contribution in [1.29, 1.82) is 0 Å². The number of nitrogens with one attached hydrogen (secondary N) is 1. The van der Waals surface area contributed by atoms with E-state index < -0.39 is 16.4 Å². The molecule has 7 heteroatoms. The van der Waals surface area contributed by atoms with Gasteiger partial charge in [-0.25, -0.2) is 0 Å². The van der Waals surface area contributed by atoms with Crippen LogP contribution < -0.4 is 0 Å². The number of methoxy groups -OCH3 is 1. The minimum Gasteiger partial charge on any atom is -0.497 e. The lowest BCUT2D eigenvalue weighted by molar-refractivity contribution is -0.577. The SMILES string of the molecule is CCOC1=CC(OC)=CC(C=O)C1(c1c[nH]c2ccccc12)[N+](=O)[O-]. The van der Waals surface area contributed by atoms with E-state index in [9.17, 15) is 14.9 Å². The van der Waals surface area contributed by atoms with Crippen LogP contribution in [0.1, 0.15) is 12.5 Å². The highest BCUT2D eigenvalue weighted by Crippen LogP contribution is 2.46. The highest BCUT2D eigenvalue weighted by atomic mass is 16.6. The topological polar surface area (TPSA) is 94.5 Å². The van der Waals surface area contributed by atoms with Crippen LogP contribution in [0.25, 0.3) is 10.9 Å². The van der Waals surface area contributed by atoms with E-state index in [1.165, 1.54) is 19.3 Å². The molecule has 3 rings (SSSR count). The van der Waals surface area contributed by atoms with Crippen molar-refractivity contribution in [3.8, 4) is 0 Å². The monoisotopic (exact) mass is 342 g/mol. The molecule has 130 valence electrons. The van der Waals surface area contributed by atoms with Crippen molar-refractivity contribution in [3.05, 3.63) is 69.8 Å². The number of hydrogen-bond donors (Lipinski definition) is 1. The lowest BCUT2D eigenvalue weighted by Crippen LogP contribution is -2.47. The van der Waals surface area contributed by atoms with Crippen LogP contribution in [0.4, 0.5) is 0 Å². The lowest BCUT2D eigenvalue weighted by atomic mass is 9.74. The Balaban J connectivity index is 2.34. The normalized spacial score (nSPS) is 22.9. The third-order valence-corrected chi connectivity index (χ3v) is 4.45. The van der Waals surface area contributed by atoms with Gasteiger partial charge in [-0.1, -0.05) is 18.2 Å². The van der Waals surface area contributed by atoms with Gasteiger partial charge in [0.2, 0.25) is 0 Å². The molecule has 25 heavy (non-hydrogen) atoms. The number of carbonyl (C=O) groups is 1. The van der Waals surface area contributed by atoms with E-state index in [1.54, 1.807) is 25.3 Å². The molecule has 1 aliphatic carbocycles. The Hall–Kier alpha value is -3.09. The molecule has 0 saturated carbocycles. The van der Waals surface area contributed by atoms with E-state index in [-0.39, 0.29) is 12.4 Å². The van der Waals surface area contributed by atoms with Crippen molar-refractivity contribution in [3.63, 3.8) is 0 Å². The van der Waals surface area contributed by atoms with Crippen molar-refractivity contribution >= 4 is 17.2 Å². The molecule has 1 aromatic heterocycles. The van der Waals surface area contributed by atoms with Gasteiger partial charge >= 0.3 is 5.54 Å². The molecule has 0 radical (unpaired) electrons. The van der Waals surface area contributed by atoms with E-state index in [4.69, 9.17) is 9.47 Å². The van der Waals surface area contributed by atoms with Crippen LogP contribution in [0.3, 0.4) is 0 Å². The van der Waals surface area contributed by atoms with E-state index >= 15 is 0 Å².